The van der Waals surface area contributed by atoms with E-state index in [4.69, 9.17) is 4.74 Å². The van der Waals surface area contributed by atoms with Gasteiger partial charge in [-0.1, -0.05) is 30.3 Å². The predicted molar refractivity (Wildman–Crippen MR) is 77.1 cm³/mol. The van der Waals surface area contributed by atoms with Crippen LogP contribution in [0.15, 0.2) is 36.9 Å². The summed E-state index contributed by atoms with van der Waals surface area (Å²) in [5.41, 5.74) is 3.23. The average molecular weight is 274 g/mol. The monoisotopic (exact) mass is 274 g/mol. The standard InChI is InChI=1S/C16H18O4/c1-4-15(17)19-9-10-20-16(18)8-7-14-6-5-12(2)11-13(14)3/h4-8,11H,1,9-10H2,2-3H3/b8-7+. The summed E-state index contributed by atoms with van der Waals surface area (Å²) in [5, 5.41) is 0. The van der Waals surface area contributed by atoms with Gasteiger partial charge in [0.25, 0.3) is 0 Å². The van der Waals surface area contributed by atoms with Crippen LogP contribution in [-0.4, -0.2) is 25.2 Å². The maximum absolute atomic E-state index is 11.4. The fourth-order valence-corrected chi connectivity index (χ4v) is 1.56. The molecule has 0 N–H and O–H groups in total. The van der Waals surface area contributed by atoms with Gasteiger partial charge < -0.3 is 9.47 Å². The lowest BCUT2D eigenvalue weighted by Gasteiger charge is -2.03. The molecule has 0 aliphatic heterocycles. The Kier molecular flexibility index (Phi) is 6.23. The van der Waals surface area contributed by atoms with Crippen molar-refractivity contribution in [3.63, 3.8) is 0 Å². The third-order valence-electron chi connectivity index (χ3n) is 2.56. The molecule has 0 fully saturated rings. The number of benzene rings is 1. The molecule has 0 spiro atoms. The molecular weight excluding hydrogens is 256 g/mol. The summed E-state index contributed by atoms with van der Waals surface area (Å²) in [4.78, 5) is 22.2. The Labute approximate surface area is 118 Å². The van der Waals surface area contributed by atoms with E-state index in [1.54, 1.807) is 6.08 Å². The van der Waals surface area contributed by atoms with E-state index in [1.807, 2.05) is 32.0 Å². The zero-order valence-electron chi connectivity index (χ0n) is 11.7. The summed E-state index contributed by atoms with van der Waals surface area (Å²) in [5.74, 6) is -1.01. The number of carbonyl (C=O) groups excluding carboxylic acids is 2. The number of carbonyl (C=O) groups is 2. The topological polar surface area (TPSA) is 52.6 Å². The minimum atomic E-state index is -0.535. The van der Waals surface area contributed by atoms with E-state index < -0.39 is 11.9 Å². The van der Waals surface area contributed by atoms with Crippen LogP contribution in [-0.2, 0) is 19.1 Å². The maximum Gasteiger partial charge on any atom is 0.330 e. The van der Waals surface area contributed by atoms with Crippen LogP contribution < -0.4 is 0 Å². The van der Waals surface area contributed by atoms with Gasteiger partial charge in [0.2, 0.25) is 0 Å². The van der Waals surface area contributed by atoms with Crippen molar-refractivity contribution < 1.29 is 19.1 Å². The van der Waals surface area contributed by atoms with Gasteiger partial charge in [0, 0.05) is 12.2 Å². The van der Waals surface area contributed by atoms with E-state index >= 15 is 0 Å². The fraction of sp³-hybridized carbons (Fsp3) is 0.250. The summed E-state index contributed by atoms with van der Waals surface area (Å²) in [6.07, 6.45) is 4.11. The van der Waals surface area contributed by atoms with Crippen molar-refractivity contribution in [2.45, 2.75) is 13.8 Å². The molecule has 1 aromatic carbocycles. The first-order valence-electron chi connectivity index (χ1n) is 6.24. The summed E-state index contributed by atoms with van der Waals surface area (Å²) in [7, 11) is 0. The summed E-state index contributed by atoms with van der Waals surface area (Å²) < 4.78 is 9.56. The second kappa shape index (κ2) is 7.94. The molecule has 4 nitrogen and oxygen atoms in total. The zero-order valence-corrected chi connectivity index (χ0v) is 11.7. The van der Waals surface area contributed by atoms with E-state index in [0.717, 1.165) is 17.2 Å². The van der Waals surface area contributed by atoms with Crippen molar-refractivity contribution in [1.82, 2.24) is 0 Å². The smallest absolute Gasteiger partial charge is 0.330 e. The summed E-state index contributed by atoms with van der Waals surface area (Å²) in [6.45, 7) is 7.30. The number of hydrogen-bond acceptors (Lipinski definition) is 4. The van der Waals surface area contributed by atoms with E-state index in [-0.39, 0.29) is 13.2 Å². The fourth-order valence-electron chi connectivity index (χ4n) is 1.56. The Morgan fingerprint density at radius 3 is 2.40 bits per heavy atom. The Morgan fingerprint density at radius 1 is 1.15 bits per heavy atom. The van der Waals surface area contributed by atoms with E-state index in [9.17, 15) is 9.59 Å². The number of ether oxygens (including phenoxy) is 2. The first kappa shape index (κ1) is 15.7. The van der Waals surface area contributed by atoms with Crippen LogP contribution in [0.1, 0.15) is 16.7 Å². The highest BCUT2D eigenvalue weighted by Gasteiger charge is 2.00. The van der Waals surface area contributed by atoms with Gasteiger partial charge >= 0.3 is 11.9 Å². The van der Waals surface area contributed by atoms with Crippen molar-refractivity contribution in [1.29, 1.82) is 0 Å². The van der Waals surface area contributed by atoms with Gasteiger partial charge in [-0.05, 0) is 31.1 Å². The summed E-state index contributed by atoms with van der Waals surface area (Å²) in [6, 6.07) is 5.97. The van der Waals surface area contributed by atoms with Crippen molar-refractivity contribution in [2.75, 3.05) is 13.2 Å². The van der Waals surface area contributed by atoms with E-state index in [2.05, 4.69) is 11.3 Å². The second-order valence-electron chi connectivity index (χ2n) is 4.23. The van der Waals surface area contributed by atoms with E-state index in [1.165, 1.54) is 11.6 Å². The Balaban J connectivity index is 2.40. The van der Waals surface area contributed by atoms with Crippen LogP contribution in [0.4, 0.5) is 0 Å². The van der Waals surface area contributed by atoms with Gasteiger partial charge in [-0.25, -0.2) is 9.59 Å². The molecule has 0 atom stereocenters. The maximum atomic E-state index is 11.4. The quantitative estimate of drug-likeness (QED) is 0.454. The molecule has 0 saturated heterocycles. The minimum absolute atomic E-state index is 0.0218. The molecular formula is C16H18O4. The molecule has 0 aliphatic carbocycles. The molecule has 106 valence electrons. The molecule has 0 aromatic heterocycles. The van der Waals surface area contributed by atoms with Crippen molar-refractivity contribution in [2.24, 2.45) is 0 Å². The molecule has 0 bridgehead atoms. The molecule has 1 rings (SSSR count). The van der Waals surface area contributed by atoms with Crippen LogP contribution in [0.5, 0.6) is 0 Å². The largest absolute Gasteiger partial charge is 0.459 e. The highest BCUT2D eigenvalue weighted by atomic mass is 16.6. The van der Waals surface area contributed by atoms with Gasteiger partial charge in [-0.3, -0.25) is 0 Å². The minimum Gasteiger partial charge on any atom is -0.459 e. The van der Waals surface area contributed by atoms with Crippen molar-refractivity contribution in [3.05, 3.63) is 53.6 Å². The SMILES string of the molecule is C=CC(=O)OCCOC(=O)/C=C/c1ccc(C)cc1C. The van der Waals surface area contributed by atoms with Gasteiger partial charge in [0.05, 0.1) is 0 Å². The lowest BCUT2D eigenvalue weighted by atomic mass is 10.1. The van der Waals surface area contributed by atoms with Crippen LogP contribution in [0, 0.1) is 13.8 Å². The molecule has 0 radical (unpaired) electrons. The molecule has 0 saturated carbocycles. The summed E-state index contributed by atoms with van der Waals surface area (Å²) >= 11 is 0. The third-order valence-corrected chi connectivity index (χ3v) is 2.56. The molecule has 0 amide bonds. The van der Waals surface area contributed by atoms with Gasteiger partial charge in [0.1, 0.15) is 13.2 Å². The van der Waals surface area contributed by atoms with Gasteiger partial charge in [-0.15, -0.1) is 0 Å². The normalized spacial score (nSPS) is 10.3. The molecule has 0 aliphatic rings. The van der Waals surface area contributed by atoms with Crippen LogP contribution >= 0.6 is 0 Å². The molecule has 1 aromatic rings. The highest BCUT2D eigenvalue weighted by Crippen LogP contribution is 2.12. The Morgan fingerprint density at radius 2 is 1.80 bits per heavy atom. The van der Waals surface area contributed by atoms with Crippen LogP contribution in [0.3, 0.4) is 0 Å². The van der Waals surface area contributed by atoms with Crippen LogP contribution in [0.2, 0.25) is 0 Å². The third kappa shape index (κ3) is 5.52. The van der Waals surface area contributed by atoms with Crippen molar-refractivity contribution in [3.8, 4) is 0 Å². The van der Waals surface area contributed by atoms with Gasteiger partial charge in [0.15, 0.2) is 0 Å². The highest BCUT2D eigenvalue weighted by molar-refractivity contribution is 5.87. The number of aryl methyl sites for hydroxylation is 2. The molecule has 4 heteroatoms. The number of esters is 2. The van der Waals surface area contributed by atoms with Gasteiger partial charge in [-0.2, -0.15) is 0 Å². The predicted octanol–water partition coefficient (Wildman–Crippen LogP) is 2.59. The second-order valence-corrected chi connectivity index (χ2v) is 4.23. The average Bonchev–Trinajstić information content (AvgIpc) is 2.42. The lowest BCUT2D eigenvalue weighted by molar-refractivity contribution is -0.145. The lowest BCUT2D eigenvalue weighted by Crippen LogP contribution is -2.11. The first-order valence-corrected chi connectivity index (χ1v) is 6.24. The molecule has 0 heterocycles. The Bertz CT molecular complexity index is 529. The van der Waals surface area contributed by atoms with Crippen molar-refractivity contribution >= 4 is 18.0 Å². The van der Waals surface area contributed by atoms with E-state index in [0.29, 0.717) is 0 Å². The number of hydrogen-bond donors (Lipinski definition) is 0. The number of rotatable bonds is 6. The Hall–Kier alpha value is -2.36. The molecule has 20 heavy (non-hydrogen) atoms. The van der Waals surface area contributed by atoms with Crippen LogP contribution in [0.25, 0.3) is 6.08 Å². The zero-order chi connectivity index (χ0) is 15.0. The first-order chi connectivity index (χ1) is 9.52. The molecule has 0 unspecified atom stereocenters.